The molecule has 18 heavy (non-hydrogen) atoms. The number of rotatable bonds is 2. The van der Waals surface area contributed by atoms with Crippen LogP contribution in [0.5, 0.6) is 0 Å². The van der Waals surface area contributed by atoms with E-state index in [1.54, 1.807) is 0 Å². The van der Waals surface area contributed by atoms with Crippen molar-refractivity contribution in [3.05, 3.63) is 35.5 Å². The van der Waals surface area contributed by atoms with Crippen molar-refractivity contribution >= 4 is 10.9 Å². The lowest BCUT2D eigenvalue weighted by Gasteiger charge is -2.26. The lowest BCUT2D eigenvalue weighted by Crippen LogP contribution is -2.35. The first-order chi connectivity index (χ1) is 8.86. The SMILES string of the molecule is N#Cc1ccc2c(CN3CCOCC3)c[nH]c2c1. The molecule has 0 spiro atoms. The number of fused-ring (bicyclic) bond motifs is 1. The predicted molar refractivity (Wildman–Crippen MR) is 69.1 cm³/mol. The fraction of sp³-hybridized carbons (Fsp3) is 0.357. The Labute approximate surface area is 106 Å². The zero-order chi connectivity index (χ0) is 12.4. The van der Waals surface area contributed by atoms with Gasteiger partial charge in [0.15, 0.2) is 0 Å². The van der Waals surface area contributed by atoms with Crippen LogP contribution in [0.1, 0.15) is 11.1 Å². The fourth-order valence-electron chi connectivity index (χ4n) is 2.39. The van der Waals surface area contributed by atoms with Gasteiger partial charge in [0.2, 0.25) is 0 Å². The molecule has 3 rings (SSSR count). The predicted octanol–water partition coefficient (Wildman–Crippen LogP) is 1.87. The molecule has 2 aromatic rings. The van der Waals surface area contributed by atoms with E-state index < -0.39 is 0 Å². The van der Waals surface area contributed by atoms with Gasteiger partial charge in [-0.3, -0.25) is 4.90 Å². The molecule has 1 N–H and O–H groups in total. The highest BCUT2D eigenvalue weighted by Crippen LogP contribution is 2.21. The molecule has 1 aliphatic rings. The summed E-state index contributed by atoms with van der Waals surface area (Å²) in [6.45, 7) is 4.56. The van der Waals surface area contributed by atoms with Gasteiger partial charge in [0.05, 0.1) is 24.8 Å². The minimum Gasteiger partial charge on any atom is -0.379 e. The molecule has 0 bridgehead atoms. The van der Waals surface area contributed by atoms with Gasteiger partial charge in [-0.15, -0.1) is 0 Å². The van der Waals surface area contributed by atoms with Crippen LogP contribution in [-0.4, -0.2) is 36.2 Å². The van der Waals surface area contributed by atoms with Crippen LogP contribution in [0.4, 0.5) is 0 Å². The maximum absolute atomic E-state index is 8.88. The van der Waals surface area contributed by atoms with Crippen molar-refractivity contribution in [2.45, 2.75) is 6.54 Å². The number of ether oxygens (including phenoxy) is 1. The summed E-state index contributed by atoms with van der Waals surface area (Å²) in [5.41, 5.74) is 3.02. The van der Waals surface area contributed by atoms with Crippen molar-refractivity contribution in [3.63, 3.8) is 0 Å². The number of aromatic nitrogens is 1. The second-order valence-corrected chi connectivity index (χ2v) is 4.57. The first-order valence-corrected chi connectivity index (χ1v) is 6.17. The van der Waals surface area contributed by atoms with Crippen LogP contribution < -0.4 is 0 Å². The van der Waals surface area contributed by atoms with Gasteiger partial charge in [0, 0.05) is 36.7 Å². The van der Waals surface area contributed by atoms with Gasteiger partial charge >= 0.3 is 0 Å². The van der Waals surface area contributed by atoms with Crippen LogP contribution in [-0.2, 0) is 11.3 Å². The highest BCUT2D eigenvalue weighted by Gasteiger charge is 2.13. The van der Waals surface area contributed by atoms with Gasteiger partial charge in [-0.2, -0.15) is 5.26 Å². The fourth-order valence-corrected chi connectivity index (χ4v) is 2.39. The quantitative estimate of drug-likeness (QED) is 0.873. The van der Waals surface area contributed by atoms with Crippen LogP contribution in [0.25, 0.3) is 10.9 Å². The van der Waals surface area contributed by atoms with Crippen molar-refractivity contribution in [1.82, 2.24) is 9.88 Å². The van der Waals surface area contributed by atoms with Gasteiger partial charge in [0.25, 0.3) is 0 Å². The largest absolute Gasteiger partial charge is 0.379 e. The minimum absolute atomic E-state index is 0.697. The normalized spacial score (nSPS) is 16.8. The monoisotopic (exact) mass is 241 g/mol. The van der Waals surface area contributed by atoms with Crippen LogP contribution in [0.2, 0.25) is 0 Å². The molecule has 0 saturated carbocycles. The second kappa shape index (κ2) is 4.81. The molecule has 1 aromatic heterocycles. The molecule has 0 unspecified atom stereocenters. The number of hydrogen-bond donors (Lipinski definition) is 1. The van der Waals surface area contributed by atoms with Crippen molar-refractivity contribution in [1.29, 1.82) is 5.26 Å². The number of nitrogens with zero attached hydrogens (tertiary/aromatic N) is 2. The third-order valence-electron chi connectivity index (χ3n) is 3.39. The standard InChI is InChI=1S/C14H15N3O/c15-8-11-1-2-13-12(9-16-14(13)7-11)10-17-3-5-18-6-4-17/h1-2,7,9,16H,3-6,10H2. The van der Waals surface area contributed by atoms with Crippen LogP contribution in [0.3, 0.4) is 0 Å². The summed E-state index contributed by atoms with van der Waals surface area (Å²) < 4.78 is 5.35. The Balaban J connectivity index is 1.86. The zero-order valence-corrected chi connectivity index (χ0v) is 10.1. The van der Waals surface area contributed by atoms with Gasteiger partial charge in [0.1, 0.15) is 0 Å². The van der Waals surface area contributed by atoms with Gasteiger partial charge in [-0.25, -0.2) is 0 Å². The van der Waals surface area contributed by atoms with Crippen LogP contribution in [0.15, 0.2) is 24.4 Å². The van der Waals surface area contributed by atoms with Crippen molar-refractivity contribution in [2.75, 3.05) is 26.3 Å². The molecule has 0 amide bonds. The molecule has 1 aromatic carbocycles. The number of benzene rings is 1. The lowest BCUT2D eigenvalue weighted by atomic mass is 10.1. The van der Waals surface area contributed by atoms with E-state index >= 15 is 0 Å². The Hall–Kier alpha value is -1.83. The molecule has 92 valence electrons. The third kappa shape index (κ3) is 2.10. The second-order valence-electron chi connectivity index (χ2n) is 4.57. The van der Waals surface area contributed by atoms with E-state index in [0.29, 0.717) is 5.56 Å². The Morgan fingerprint density at radius 3 is 2.94 bits per heavy atom. The van der Waals surface area contributed by atoms with Crippen molar-refractivity contribution in [3.8, 4) is 6.07 Å². The maximum Gasteiger partial charge on any atom is 0.0992 e. The Morgan fingerprint density at radius 2 is 2.17 bits per heavy atom. The zero-order valence-electron chi connectivity index (χ0n) is 10.1. The summed E-state index contributed by atoms with van der Waals surface area (Å²) in [7, 11) is 0. The van der Waals surface area contributed by atoms with E-state index in [0.717, 1.165) is 38.4 Å². The molecule has 0 radical (unpaired) electrons. The summed E-state index contributed by atoms with van der Waals surface area (Å²) in [5, 5.41) is 10.1. The number of H-pyrrole nitrogens is 1. The van der Waals surface area contributed by atoms with Gasteiger partial charge in [-0.1, -0.05) is 6.07 Å². The minimum atomic E-state index is 0.697. The summed E-state index contributed by atoms with van der Waals surface area (Å²) >= 11 is 0. The summed E-state index contributed by atoms with van der Waals surface area (Å²) in [6.07, 6.45) is 2.04. The van der Waals surface area contributed by atoms with Crippen molar-refractivity contribution in [2.24, 2.45) is 0 Å². The number of aromatic amines is 1. The highest BCUT2D eigenvalue weighted by atomic mass is 16.5. The van der Waals surface area contributed by atoms with E-state index in [1.807, 2.05) is 24.4 Å². The molecular formula is C14H15N3O. The number of morpholine rings is 1. The van der Waals surface area contributed by atoms with Crippen LogP contribution >= 0.6 is 0 Å². The first-order valence-electron chi connectivity index (χ1n) is 6.17. The Morgan fingerprint density at radius 1 is 1.33 bits per heavy atom. The summed E-state index contributed by atoms with van der Waals surface area (Å²) in [5.74, 6) is 0. The van der Waals surface area contributed by atoms with Gasteiger partial charge in [-0.05, 0) is 17.7 Å². The molecule has 0 aliphatic carbocycles. The number of nitrogens with one attached hydrogen (secondary N) is 1. The Bertz CT molecular complexity index is 591. The molecule has 4 nitrogen and oxygen atoms in total. The first kappa shape index (κ1) is 11.3. The van der Waals surface area contributed by atoms with Gasteiger partial charge < -0.3 is 9.72 Å². The molecule has 1 aliphatic heterocycles. The molecule has 0 atom stereocenters. The van der Waals surface area contributed by atoms with E-state index in [2.05, 4.69) is 16.0 Å². The van der Waals surface area contributed by atoms with Crippen LogP contribution in [0, 0.1) is 11.3 Å². The topological polar surface area (TPSA) is 52.1 Å². The van der Waals surface area contributed by atoms with E-state index in [1.165, 1.54) is 10.9 Å². The Kier molecular flexibility index (Phi) is 3.01. The van der Waals surface area contributed by atoms with E-state index in [9.17, 15) is 0 Å². The highest BCUT2D eigenvalue weighted by molar-refractivity contribution is 5.84. The number of nitriles is 1. The molecule has 1 fully saturated rings. The summed E-state index contributed by atoms with van der Waals surface area (Å²) in [4.78, 5) is 5.64. The molecule has 4 heteroatoms. The molecule has 2 heterocycles. The maximum atomic E-state index is 8.88. The average molecular weight is 241 g/mol. The van der Waals surface area contributed by atoms with E-state index in [-0.39, 0.29) is 0 Å². The summed E-state index contributed by atoms with van der Waals surface area (Å²) in [6, 6.07) is 7.97. The smallest absolute Gasteiger partial charge is 0.0992 e. The van der Waals surface area contributed by atoms with Crippen molar-refractivity contribution < 1.29 is 4.74 Å². The molecule has 1 saturated heterocycles. The third-order valence-corrected chi connectivity index (χ3v) is 3.39. The van der Waals surface area contributed by atoms with E-state index in [4.69, 9.17) is 10.00 Å². The average Bonchev–Trinajstić information content (AvgIpc) is 2.82. The number of hydrogen-bond acceptors (Lipinski definition) is 3. The lowest BCUT2D eigenvalue weighted by molar-refractivity contribution is 0.0343. The molecular weight excluding hydrogens is 226 g/mol.